The Bertz CT molecular complexity index is 1290. The predicted octanol–water partition coefficient (Wildman–Crippen LogP) is 5.77. The lowest BCUT2D eigenvalue weighted by Gasteiger charge is -2.35. The molecule has 0 aliphatic carbocycles. The zero-order valence-corrected chi connectivity index (χ0v) is 23.6. The molecule has 9 heteroatoms. The molecule has 1 aliphatic rings. The van der Waals surface area contributed by atoms with Gasteiger partial charge in [0.1, 0.15) is 11.6 Å². The summed E-state index contributed by atoms with van der Waals surface area (Å²) in [6, 6.07) is 4.00. The highest BCUT2D eigenvalue weighted by Gasteiger charge is 2.48. The number of hydrogen-bond acceptors (Lipinski definition) is 6. The zero-order valence-electron chi connectivity index (χ0n) is 22.6. The SMILES string of the molecule is CNc1nc(CO[Si](C)(C)C(C)(C)C)nc2c1C(C)(C)C(=O)N2c1ccc2c(C(C)C)ncn2c1. The van der Waals surface area contributed by atoms with Gasteiger partial charge < -0.3 is 14.1 Å². The number of hydrogen-bond donors (Lipinski definition) is 1. The number of aromatic nitrogens is 4. The van der Waals surface area contributed by atoms with Crippen molar-refractivity contribution in [1.29, 1.82) is 0 Å². The van der Waals surface area contributed by atoms with Crippen molar-refractivity contribution in [2.45, 2.75) is 84.5 Å². The van der Waals surface area contributed by atoms with Crippen LogP contribution in [0.1, 0.15) is 71.5 Å². The molecule has 4 heterocycles. The number of carbonyl (C=O) groups is 1. The van der Waals surface area contributed by atoms with Crippen molar-refractivity contribution >= 4 is 37.1 Å². The summed E-state index contributed by atoms with van der Waals surface area (Å²) in [5.74, 6) is 2.11. The van der Waals surface area contributed by atoms with Crippen LogP contribution < -0.4 is 10.2 Å². The fourth-order valence-corrected chi connectivity index (χ4v) is 5.17. The third kappa shape index (κ3) is 4.14. The lowest BCUT2D eigenvalue weighted by molar-refractivity contribution is -0.121. The molecule has 0 aromatic carbocycles. The van der Waals surface area contributed by atoms with E-state index in [1.807, 2.05) is 43.6 Å². The van der Waals surface area contributed by atoms with Gasteiger partial charge in [-0.15, -0.1) is 0 Å². The third-order valence-electron chi connectivity index (χ3n) is 7.47. The van der Waals surface area contributed by atoms with Crippen molar-refractivity contribution in [3.05, 3.63) is 41.7 Å². The molecule has 0 saturated carbocycles. The fourth-order valence-electron chi connectivity index (χ4n) is 4.25. The highest BCUT2D eigenvalue weighted by atomic mass is 28.4. The molecule has 3 aromatic heterocycles. The molecule has 0 unspecified atom stereocenters. The topological polar surface area (TPSA) is 84.7 Å². The van der Waals surface area contributed by atoms with E-state index >= 15 is 0 Å². The molecule has 1 aliphatic heterocycles. The Balaban J connectivity index is 1.80. The molecule has 0 saturated heterocycles. The van der Waals surface area contributed by atoms with Crippen LogP contribution in [0.3, 0.4) is 0 Å². The average molecular weight is 495 g/mol. The van der Waals surface area contributed by atoms with E-state index in [1.54, 1.807) is 11.2 Å². The lowest BCUT2D eigenvalue weighted by atomic mass is 9.87. The molecular weight excluding hydrogens is 456 g/mol. The number of carbonyl (C=O) groups excluding carboxylic acids is 1. The number of nitrogens with zero attached hydrogens (tertiary/aromatic N) is 5. The normalized spacial score (nSPS) is 15.9. The number of nitrogens with one attached hydrogen (secondary N) is 1. The van der Waals surface area contributed by atoms with Crippen molar-refractivity contribution in [2.75, 3.05) is 17.3 Å². The second-order valence-electron chi connectivity index (χ2n) is 11.7. The van der Waals surface area contributed by atoms with Gasteiger partial charge in [-0.1, -0.05) is 34.6 Å². The molecule has 0 radical (unpaired) electrons. The van der Waals surface area contributed by atoms with Gasteiger partial charge in [-0.05, 0) is 50.0 Å². The number of imidazole rings is 1. The molecule has 0 fully saturated rings. The highest BCUT2D eigenvalue weighted by molar-refractivity contribution is 6.74. The summed E-state index contributed by atoms with van der Waals surface area (Å²) in [5.41, 5.74) is 2.85. The van der Waals surface area contributed by atoms with Gasteiger partial charge in [-0.25, -0.2) is 15.0 Å². The lowest BCUT2D eigenvalue weighted by Crippen LogP contribution is -2.40. The first-order chi connectivity index (χ1) is 16.2. The van der Waals surface area contributed by atoms with Crippen LogP contribution in [-0.4, -0.2) is 40.6 Å². The van der Waals surface area contributed by atoms with Crippen molar-refractivity contribution < 1.29 is 9.22 Å². The average Bonchev–Trinajstić information content (AvgIpc) is 3.27. The summed E-state index contributed by atoms with van der Waals surface area (Å²) < 4.78 is 8.39. The van der Waals surface area contributed by atoms with Gasteiger partial charge in [-0.2, -0.15) is 0 Å². The quantitative estimate of drug-likeness (QED) is 0.438. The van der Waals surface area contributed by atoms with Crippen LogP contribution in [0.4, 0.5) is 17.3 Å². The van der Waals surface area contributed by atoms with E-state index in [2.05, 4.69) is 58.0 Å². The number of rotatable bonds is 6. The first-order valence-electron chi connectivity index (χ1n) is 12.2. The summed E-state index contributed by atoms with van der Waals surface area (Å²) in [6.45, 7) is 19.5. The van der Waals surface area contributed by atoms with Gasteiger partial charge >= 0.3 is 0 Å². The Morgan fingerprint density at radius 1 is 1.17 bits per heavy atom. The summed E-state index contributed by atoms with van der Waals surface area (Å²) in [4.78, 5) is 29.7. The van der Waals surface area contributed by atoms with Gasteiger partial charge in [0.2, 0.25) is 5.91 Å². The molecular formula is C26H38N6O2Si. The maximum atomic E-state index is 13.7. The molecule has 8 nitrogen and oxygen atoms in total. The second kappa shape index (κ2) is 8.41. The van der Waals surface area contributed by atoms with Crippen LogP contribution in [0.2, 0.25) is 18.1 Å². The summed E-state index contributed by atoms with van der Waals surface area (Å²) >= 11 is 0. The molecule has 3 aromatic rings. The summed E-state index contributed by atoms with van der Waals surface area (Å²) in [7, 11) is -0.164. The van der Waals surface area contributed by atoms with E-state index in [-0.39, 0.29) is 10.9 Å². The summed E-state index contributed by atoms with van der Waals surface area (Å²) in [6.07, 6.45) is 3.75. The molecule has 0 atom stereocenters. The minimum atomic E-state index is -1.99. The van der Waals surface area contributed by atoms with Crippen LogP contribution in [0.25, 0.3) is 5.52 Å². The Hall–Kier alpha value is -2.78. The van der Waals surface area contributed by atoms with Crippen LogP contribution in [0.5, 0.6) is 0 Å². The Morgan fingerprint density at radius 3 is 2.46 bits per heavy atom. The van der Waals surface area contributed by atoms with Crippen molar-refractivity contribution in [3.8, 4) is 0 Å². The molecule has 35 heavy (non-hydrogen) atoms. The number of fused-ring (bicyclic) bond motifs is 2. The van der Waals surface area contributed by atoms with Crippen molar-refractivity contribution in [3.63, 3.8) is 0 Å². The van der Waals surface area contributed by atoms with Gasteiger partial charge in [0, 0.05) is 13.2 Å². The van der Waals surface area contributed by atoms with Crippen molar-refractivity contribution in [1.82, 2.24) is 19.4 Å². The van der Waals surface area contributed by atoms with Gasteiger partial charge in [0.05, 0.1) is 40.8 Å². The van der Waals surface area contributed by atoms with E-state index in [0.29, 0.717) is 30.0 Å². The monoisotopic (exact) mass is 494 g/mol. The predicted molar refractivity (Wildman–Crippen MR) is 143 cm³/mol. The Kier molecular flexibility index (Phi) is 6.08. The van der Waals surface area contributed by atoms with E-state index in [0.717, 1.165) is 22.5 Å². The Morgan fingerprint density at radius 2 is 1.86 bits per heavy atom. The van der Waals surface area contributed by atoms with E-state index in [4.69, 9.17) is 14.4 Å². The standard InChI is InChI=1S/C26H38N6O2Si/c1-16(2)21-18-12-11-17(13-31(18)15-28-21)32-23-20(26(6,7)24(32)33)22(27-8)29-19(30-23)14-34-35(9,10)25(3,4)5/h11-13,15-16H,14H2,1-10H3,(H,27,29,30). The van der Waals surface area contributed by atoms with Crippen LogP contribution in [0, 0.1) is 0 Å². The second-order valence-corrected chi connectivity index (χ2v) is 16.5. The molecule has 0 spiro atoms. The zero-order chi connectivity index (χ0) is 25.9. The van der Waals surface area contributed by atoms with E-state index in [1.165, 1.54) is 0 Å². The smallest absolute Gasteiger partial charge is 0.243 e. The maximum absolute atomic E-state index is 13.7. The van der Waals surface area contributed by atoms with Gasteiger partial charge in [0.25, 0.3) is 0 Å². The third-order valence-corrected chi connectivity index (χ3v) is 11.9. The van der Waals surface area contributed by atoms with Crippen LogP contribution in [0.15, 0.2) is 24.7 Å². The molecule has 0 bridgehead atoms. The maximum Gasteiger partial charge on any atom is 0.243 e. The van der Waals surface area contributed by atoms with Gasteiger partial charge in [-0.3, -0.25) is 9.69 Å². The molecule has 188 valence electrons. The van der Waals surface area contributed by atoms with E-state index < -0.39 is 13.7 Å². The van der Waals surface area contributed by atoms with Crippen molar-refractivity contribution in [2.24, 2.45) is 0 Å². The highest BCUT2D eigenvalue weighted by Crippen LogP contribution is 2.47. The Labute approximate surface area is 209 Å². The number of amides is 1. The number of anilines is 3. The van der Waals surface area contributed by atoms with Crippen LogP contribution >= 0.6 is 0 Å². The first kappa shape index (κ1) is 25.3. The van der Waals surface area contributed by atoms with E-state index in [9.17, 15) is 4.79 Å². The molecule has 4 rings (SSSR count). The number of pyridine rings is 1. The minimum Gasteiger partial charge on any atom is -0.409 e. The van der Waals surface area contributed by atoms with Crippen LogP contribution in [-0.2, 0) is 21.2 Å². The fraction of sp³-hybridized carbons (Fsp3) is 0.538. The molecule has 1 N–H and O–H groups in total. The largest absolute Gasteiger partial charge is 0.409 e. The minimum absolute atomic E-state index is 0.0377. The summed E-state index contributed by atoms with van der Waals surface area (Å²) in [5, 5.41) is 3.28. The first-order valence-corrected chi connectivity index (χ1v) is 15.1. The molecule has 1 amide bonds. The van der Waals surface area contributed by atoms with Gasteiger partial charge in [0.15, 0.2) is 14.1 Å².